The fourth-order valence-electron chi connectivity index (χ4n) is 3.29. The molecule has 0 unspecified atom stereocenters. The van der Waals surface area contributed by atoms with Crippen molar-refractivity contribution in [3.63, 3.8) is 0 Å². The third-order valence-electron chi connectivity index (χ3n) is 4.82. The Hall–Kier alpha value is -3.07. The van der Waals surface area contributed by atoms with Crippen LogP contribution in [0.1, 0.15) is 45.0 Å². The van der Waals surface area contributed by atoms with Crippen LogP contribution in [-0.4, -0.2) is 50.1 Å². The predicted molar refractivity (Wildman–Crippen MR) is 113 cm³/mol. The molecule has 8 nitrogen and oxygen atoms in total. The van der Waals surface area contributed by atoms with Gasteiger partial charge in [-0.25, -0.2) is 4.79 Å². The molecule has 0 radical (unpaired) electrons. The quantitative estimate of drug-likeness (QED) is 0.705. The smallest absolute Gasteiger partial charge is 0.341 e. The van der Waals surface area contributed by atoms with Crippen LogP contribution in [0.2, 0.25) is 0 Å². The summed E-state index contributed by atoms with van der Waals surface area (Å²) < 4.78 is 15.7. The first-order chi connectivity index (χ1) is 14.4. The van der Waals surface area contributed by atoms with Crippen molar-refractivity contribution in [1.82, 2.24) is 4.90 Å². The normalized spacial score (nSPS) is 12.7. The SMILES string of the molecule is CCOC(=O)c1c(NC(=O)c2cc(OC)cc(OC)c2)sc2c1CCN(C(C)=O)C2. The number of hydrogen-bond donors (Lipinski definition) is 1. The van der Waals surface area contributed by atoms with E-state index in [2.05, 4.69) is 5.32 Å². The molecule has 0 atom stereocenters. The van der Waals surface area contributed by atoms with Crippen molar-refractivity contribution in [3.05, 3.63) is 39.8 Å². The Balaban J connectivity index is 1.96. The van der Waals surface area contributed by atoms with Gasteiger partial charge in [0, 0.05) is 30.0 Å². The largest absolute Gasteiger partial charge is 0.497 e. The highest BCUT2D eigenvalue weighted by Gasteiger charge is 2.30. The Kier molecular flexibility index (Phi) is 6.61. The molecule has 2 aromatic rings. The van der Waals surface area contributed by atoms with Crippen molar-refractivity contribution in [2.24, 2.45) is 0 Å². The van der Waals surface area contributed by atoms with Gasteiger partial charge in [-0.3, -0.25) is 9.59 Å². The highest BCUT2D eigenvalue weighted by molar-refractivity contribution is 7.17. The molecule has 0 saturated heterocycles. The lowest BCUT2D eigenvalue weighted by Crippen LogP contribution is -2.34. The number of nitrogens with one attached hydrogen (secondary N) is 1. The Bertz CT molecular complexity index is 962. The van der Waals surface area contributed by atoms with Crippen molar-refractivity contribution in [2.45, 2.75) is 26.8 Å². The number of ether oxygens (including phenoxy) is 3. The Morgan fingerprint density at radius 2 is 1.80 bits per heavy atom. The molecule has 0 spiro atoms. The van der Waals surface area contributed by atoms with Gasteiger partial charge in [-0.15, -0.1) is 11.3 Å². The van der Waals surface area contributed by atoms with E-state index < -0.39 is 11.9 Å². The van der Waals surface area contributed by atoms with Crippen LogP contribution in [0.25, 0.3) is 0 Å². The summed E-state index contributed by atoms with van der Waals surface area (Å²) in [7, 11) is 3.01. The number of anilines is 1. The second-order valence-corrected chi connectivity index (χ2v) is 7.78. The van der Waals surface area contributed by atoms with Gasteiger partial charge in [0.05, 0.1) is 32.9 Å². The fourth-order valence-corrected chi connectivity index (χ4v) is 4.54. The first-order valence-electron chi connectivity index (χ1n) is 9.49. The molecule has 30 heavy (non-hydrogen) atoms. The monoisotopic (exact) mass is 432 g/mol. The van der Waals surface area contributed by atoms with E-state index in [-0.39, 0.29) is 12.5 Å². The van der Waals surface area contributed by atoms with E-state index in [1.165, 1.54) is 32.5 Å². The van der Waals surface area contributed by atoms with Crippen LogP contribution >= 0.6 is 11.3 Å². The third-order valence-corrected chi connectivity index (χ3v) is 5.95. The number of rotatable bonds is 6. The molecule has 1 N–H and O–H groups in total. The van der Waals surface area contributed by atoms with Gasteiger partial charge in [-0.1, -0.05) is 0 Å². The zero-order chi connectivity index (χ0) is 21.8. The van der Waals surface area contributed by atoms with Crippen molar-refractivity contribution in [1.29, 1.82) is 0 Å². The van der Waals surface area contributed by atoms with Crippen molar-refractivity contribution >= 4 is 34.1 Å². The molecule has 1 aliphatic rings. The fraction of sp³-hybridized carbons (Fsp3) is 0.381. The van der Waals surface area contributed by atoms with Gasteiger partial charge >= 0.3 is 5.97 Å². The summed E-state index contributed by atoms with van der Waals surface area (Å²) in [5.74, 6) is 0.0470. The average Bonchev–Trinajstić information content (AvgIpc) is 3.10. The lowest BCUT2D eigenvalue weighted by atomic mass is 10.0. The van der Waals surface area contributed by atoms with E-state index in [0.29, 0.717) is 47.1 Å². The molecule has 0 fully saturated rings. The second kappa shape index (κ2) is 9.17. The molecule has 2 heterocycles. The maximum Gasteiger partial charge on any atom is 0.341 e. The van der Waals surface area contributed by atoms with Gasteiger partial charge in [-0.05, 0) is 31.0 Å². The van der Waals surface area contributed by atoms with Crippen LogP contribution < -0.4 is 14.8 Å². The summed E-state index contributed by atoms with van der Waals surface area (Å²) in [6.45, 7) is 4.40. The van der Waals surface area contributed by atoms with E-state index in [0.717, 1.165) is 10.4 Å². The van der Waals surface area contributed by atoms with Crippen molar-refractivity contribution in [3.8, 4) is 11.5 Å². The summed E-state index contributed by atoms with van der Waals surface area (Å²) in [6.07, 6.45) is 0.530. The van der Waals surface area contributed by atoms with Gasteiger partial charge in [0.15, 0.2) is 0 Å². The number of esters is 1. The number of thiophene rings is 1. The Morgan fingerprint density at radius 3 is 2.37 bits per heavy atom. The lowest BCUT2D eigenvalue weighted by molar-refractivity contribution is -0.129. The number of carbonyl (C=O) groups excluding carboxylic acids is 3. The number of amides is 2. The molecular formula is C21H24N2O6S. The predicted octanol–water partition coefficient (Wildman–Crippen LogP) is 3.10. The number of carbonyl (C=O) groups is 3. The molecule has 160 valence electrons. The topological polar surface area (TPSA) is 94.2 Å². The first-order valence-corrected chi connectivity index (χ1v) is 10.3. The van der Waals surface area contributed by atoms with E-state index in [4.69, 9.17) is 14.2 Å². The van der Waals surface area contributed by atoms with Crippen LogP contribution in [0.15, 0.2) is 18.2 Å². The highest BCUT2D eigenvalue weighted by atomic mass is 32.1. The van der Waals surface area contributed by atoms with Gasteiger partial charge in [0.1, 0.15) is 16.5 Å². The molecule has 3 rings (SSSR count). The lowest BCUT2D eigenvalue weighted by Gasteiger charge is -2.25. The van der Waals surface area contributed by atoms with Crippen molar-refractivity contribution in [2.75, 3.05) is 32.7 Å². The summed E-state index contributed by atoms with van der Waals surface area (Å²) in [6, 6.07) is 4.85. The van der Waals surface area contributed by atoms with Crippen LogP contribution in [0.5, 0.6) is 11.5 Å². The van der Waals surface area contributed by atoms with Crippen molar-refractivity contribution < 1.29 is 28.6 Å². The summed E-state index contributed by atoms with van der Waals surface area (Å²) in [5, 5.41) is 3.25. The number of fused-ring (bicyclic) bond motifs is 1. The molecular weight excluding hydrogens is 408 g/mol. The number of benzene rings is 1. The zero-order valence-corrected chi connectivity index (χ0v) is 18.2. The van der Waals surface area contributed by atoms with Gasteiger partial charge in [0.25, 0.3) is 5.91 Å². The highest BCUT2D eigenvalue weighted by Crippen LogP contribution is 2.38. The number of methoxy groups -OCH3 is 2. The van der Waals surface area contributed by atoms with Gasteiger partial charge < -0.3 is 24.4 Å². The molecule has 0 bridgehead atoms. The molecule has 0 saturated carbocycles. The first kappa shape index (κ1) is 21.6. The minimum absolute atomic E-state index is 0.0270. The van der Waals surface area contributed by atoms with Crippen LogP contribution in [-0.2, 0) is 22.5 Å². The van der Waals surface area contributed by atoms with E-state index in [9.17, 15) is 14.4 Å². The van der Waals surface area contributed by atoms with Gasteiger partial charge in [0.2, 0.25) is 5.91 Å². The molecule has 1 aromatic carbocycles. The summed E-state index contributed by atoms with van der Waals surface area (Å²) in [5.41, 5.74) is 1.52. The van der Waals surface area contributed by atoms with Gasteiger partial charge in [-0.2, -0.15) is 0 Å². The summed E-state index contributed by atoms with van der Waals surface area (Å²) >= 11 is 1.29. The molecule has 0 aliphatic carbocycles. The van der Waals surface area contributed by atoms with Crippen LogP contribution in [0.4, 0.5) is 5.00 Å². The average molecular weight is 432 g/mol. The maximum absolute atomic E-state index is 12.9. The standard InChI is InChI=1S/C21H24N2O6S/c1-5-29-21(26)18-16-6-7-23(12(2)24)11-17(16)30-20(18)22-19(25)13-8-14(27-3)10-15(9-13)28-4/h8-10H,5-7,11H2,1-4H3,(H,22,25). The Morgan fingerprint density at radius 1 is 1.13 bits per heavy atom. The number of hydrogen-bond acceptors (Lipinski definition) is 7. The zero-order valence-electron chi connectivity index (χ0n) is 17.4. The summed E-state index contributed by atoms with van der Waals surface area (Å²) in [4.78, 5) is 39.9. The third kappa shape index (κ3) is 4.40. The van der Waals surface area contributed by atoms with E-state index in [1.54, 1.807) is 30.0 Å². The minimum atomic E-state index is -0.482. The molecule has 1 aliphatic heterocycles. The van der Waals surface area contributed by atoms with E-state index in [1.807, 2.05) is 0 Å². The minimum Gasteiger partial charge on any atom is -0.497 e. The maximum atomic E-state index is 12.9. The molecule has 1 aromatic heterocycles. The molecule has 9 heteroatoms. The molecule has 2 amide bonds. The van der Waals surface area contributed by atoms with Crippen LogP contribution in [0.3, 0.4) is 0 Å². The number of nitrogens with zero attached hydrogens (tertiary/aromatic N) is 1. The Labute approximate surface area is 178 Å². The van der Waals surface area contributed by atoms with E-state index >= 15 is 0 Å². The van der Waals surface area contributed by atoms with Crippen LogP contribution in [0, 0.1) is 0 Å². The second-order valence-electron chi connectivity index (χ2n) is 6.67.